The topological polar surface area (TPSA) is 44.1 Å². The minimum atomic E-state index is 0.0497. The third-order valence-electron chi connectivity index (χ3n) is 4.29. The van der Waals surface area contributed by atoms with E-state index in [1.807, 2.05) is 47.0 Å². The molecule has 0 aliphatic heterocycles. The Hall–Kier alpha value is -1.98. The Balaban J connectivity index is 1.73. The summed E-state index contributed by atoms with van der Waals surface area (Å²) in [6.45, 7) is 0. The van der Waals surface area contributed by atoms with E-state index in [9.17, 15) is 4.79 Å². The predicted molar refractivity (Wildman–Crippen MR) is 102 cm³/mol. The van der Waals surface area contributed by atoms with Gasteiger partial charge in [0.05, 0.1) is 18.0 Å². The number of aromatic nitrogens is 2. The molecule has 1 saturated carbocycles. The number of nitrogens with zero attached hydrogens (tertiary/aromatic N) is 2. The molecule has 0 N–H and O–H groups in total. The molecule has 0 unspecified atom stereocenters. The Labute approximate surface area is 154 Å². The molecular formula is C19H17ClN2O2S. The lowest BCUT2D eigenvalue weighted by Gasteiger charge is -2.13. The largest absolute Gasteiger partial charge is 0.496 e. The Morgan fingerprint density at radius 3 is 2.84 bits per heavy atom. The molecular weight excluding hydrogens is 356 g/mol. The second-order valence-electron chi connectivity index (χ2n) is 6.06. The summed E-state index contributed by atoms with van der Waals surface area (Å²) in [6, 6.07) is 13.4. The van der Waals surface area contributed by atoms with Crippen LogP contribution in [0.4, 0.5) is 0 Å². The van der Waals surface area contributed by atoms with E-state index in [0.29, 0.717) is 16.2 Å². The average molecular weight is 373 g/mol. The summed E-state index contributed by atoms with van der Waals surface area (Å²) < 4.78 is 7.26. The van der Waals surface area contributed by atoms with Crippen molar-refractivity contribution in [1.82, 2.24) is 9.55 Å². The van der Waals surface area contributed by atoms with Crippen LogP contribution >= 0.6 is 23.4 Å². The van der Waals surface area contributed by atoms with Crippen molar-refractivity contribution in [3.63, 3.8) is 0 Å². The second-order valence-corrected chi connectivity index (χ2v) is 7.44. The van der Waals surface area contributed by atoms with Crippen LogP contribution in [0, 0.1) is 0 Å². The lowest BCUT2D eigenvalue weighted by Crippen LogP contribution is -2.22. The maximum atomic E-state index is 12.9. The highest BCUT2D eigenvalue weighted by atomic mass is 35.5. The number of halogens is 1. The van der Waals surface area contributed by atoms with Crippen molar-refractivity contribution < 1.29 is 4.74 Å². The Morgan fingerprint density at radius 2 is 2.08 bits per heavy atom. The third-order valence-corrected chi connectivity index (χ3v) is 5.52. The van der Waals surface area contributed by atoms with Crippen LogP contribution in [0.5, 0.6) is 5.75 Å². The number of rotatable bonds is 5. The van der Waals surface area contributed by atoms with Crippen LogP contribution in [0.3, 0.4) is 0 Å². The predicted octanol–water partition coefficient (Wildman–Crippen LogP) is 4.69. The minimum Gasteiger partial charge on any atom is -0.496 e. The van der Waals surface area contributed by atoms with Crippen LogP contribution in [0.2, 0.25) is 5.02 Å². The summed E-state index contributed by atoms with van der Waals surface area (Å²) in [6.07, 6.45) is 2.07. The SMILES string of the molecule is COc1ccc(Cl)cc1CSc1nc2ccccc2c(=O)n1C1CC1. The minimum absolute atomic E-state index is 0.0497. The molecule has 0 saturated heterocycles. The van der Waals surface area contributed by atoms with Crippen molar-refractivity contribution in [1.29, 1.82) is 0 Å². The zero-order valence-electron chi connectivity index (χ0n) is 13.7. The van der Waals surface area contributed by atoms with E-state index < -0.39 is 0 Å². The highest BCUT2D eigenvalue weighted by Crippen LogP contribution is 2.38. The van der Waals surface area contributed by atoms with Crippen LogP contribution in [0.1, 0.15) is 24.4 Å². The van der Waals surface area contributed by atoms with E-state index in [1.165, 1.54) is 0 Å². The average Bonchev–Trinajstić information content (AvgIpc) is 3.45. The molecule has 128 valence electrons. The summed E-state index contributed by atoms with van der Waals surface area (Å²) in [5, 5.41) is 2.11. The fourth-order valence-corrected chi connectivity index (χ4v) is 4.12. The van der Waals surface area contributed by atoms with Crippen LogP contribution in [0.25, 0.3) is 10.9 Å². The summed E-state index contributed by atoms with van der Waals surface area (Å²) >= 11 is 7.66. The Kier molecular flexibility index (Phi) is 4.44. The molecule has 25 heavy (non-hydrogen) atoms. The number of fused-ring (bicyclic) bond motifs is 1. The van der Waals surface area contributed by atoms with E-state index in [1.54, 1.807) is 18.9 Å². The van der Waals surface area contributed by atoms with Gasteiger partial charge in [-0.15, -0.1) is 0 Å². The molecule has 1 aliphatic carbocycles. The van der Waals surface area contributed by atoms with Gasteiger partial charge in [0, 0.05) is 22.4 Å². The zero-order valence-corrected chi connectivity index (χ0v) is 15.3. The monoisotopic (exact) mass is 372 g/mol. The summed E-state index contributed by atoms with van der Waals surface area (Å²) in [4.78, 5) is 17.6. The molecule has 0 spiro atoms. The molecule has 1 heterocycles. The molecule has 1 aliphatic rings. The number of benzene rings is 2. The molecule has 0 bridgehead atoms. The van der Waals surface area contributed by atoms with Crippen molar-refractivity contribution in [3.8, 4) is 5.75 Å². The standard InChI is InChI=1S/C19H17ClN2O2S/c1-24-17-9-6-13(20)10-12(17)11-25-19-21-16-5-3-2-4-15(16)18(23)22(19)14-7-8-14/h2-6,9-10,14H,7-8,11H2,1H3. The first-order valence-electron chi connectivity index (χ1n) is 8.14. The number of hydrogen-bond donors (Lipinski definition) is 0. The van der Waals surface area contributed by atoms with Gasteiger partial charge in [0.1, 0.15) is 5.75 Å². The number of thioether (sulfide) groups is 1. The quantitative estimate of drug-likeness (QED) is 0.481. The number of methoxy groups -OCH3 is 1. The van der Waals surface area contributed by atoms with Crippen LogP contribution < -0.4 is 10.3 Å². The van der Waals surface area contributed by atoms with E-state index in [2.05, 4.69) is 0 Å². The van der Waals surface area contributed by atoms with Gasteiger partial charge in [-0.25, -0.2) is 4.98 Å². The van der Waals surface area contributed by atoms with Crippen LogP contribution in [0.15, 0.2) is 52.4 Å². The first-order chi connectivity index (χ1) is 12.2. The van der Waals surface area contributed by atoms with Gasteiger partial charge in [-0.05, 0) is 43.2 Å². The number of hydrogen-bond acceptors (Lipinski definition) is 4. The molecule has 2 aromatic carbocycles. The fraction of sp³-hybridized carbons (Fsp3) is 0.263. The molecule has 4 nitrogen and oxygen atoms in total. The highest BCUT2D eigenvalue weighted by Gasteiger charge is 2.28. The van der Waals surface area contributed by atoms with E-state index >= 15 is 0 Å². The van der Waals surface area contributed by atoms with Crippen LogP contribution in [-0.2, 0) is 5.75 Å². The van der Waals surface area contributed by atoms with Gasteiger partial charge in [-0.3, -0.25) is 9.36 Å². The Bertz CT molecular complexity index is 998. The maximum absolute atomic E-state index is 12.9. The van der Waals surface area contributed by atoms with Crippen molar-refractivity contribution >= 4 is 34.3 Å². The van der Waals surface area contributed by atoms with Gasteiger partial charge >= 0.3 is 0 Å². The van der Waals surface area contributed by atoms with Crippen molar-refractivity contribution in [3.05, 3.63) is 63.4 Å². The zero-order chi connectivity index (χ0) is 17.4. The van der Waals surface area contributed by atoms with Gasteiger partial charge in [0.2, 0.25) is 0 Å². The van der Waals surface area contributed by atoms with Gasteiger partial charge in [0.15, 0.2) is 5.16 Å². The molecule has 0 radical (unpaired) electrons. The molecule has 1 fully saturated rings. The van der Waals surface area contributed by atoms with E-state index in [4.69, 9.17) is 21.3 Å². The first-order valence-corrected chi connectivity index (χ1v) is 9.50. The fourth-order valence-electron chi connectivity index (χ4n) is 2.88. The van der Waals surface area contributed by atoms with Crippen molar-refractivity contribution in [2.45, 2.75) is 29.8 Å². The molecule has 3 aromatic rings. The summed E-state index contributed by atoms with van der Waals surface area (Å²) in [7, 11) is 1.64. The normalized spacial score (nSPS) is 14.0. The summed E-state index contributed by atoms with van der Waals surface area (Å²) in [5.41, 5.74) is 1.78. The summed E-state index contributed by atoms with van der Waals surface area (Å²) in [5.74, 6) is 1.43. The van der Waals surface area contributed by atoms with Gasteiger partial charge in [-0.2, -0.15) is 0 Å². The number of para-hydroxylation sites is 1. The Morgan fingerprint density at radius 1 is 1.28 bits per heavy atom. The highest BCUT2D eigenvalue weighted by molar-refractivity contribution is 7.98. The van der Waals surface area contributed by atoms with E-state index in [-0.39, 0.29) is 11.6 Å². The molecule has 0 atom stereocenters. The maximum Gasteiger partial charge on any atom is 0.262 e. The van der Waals surface area contributed by atoms with E-state index in [0.717, 1.165) is 34.8 Å². The molecule has 1 aromatic heterocycles. The van der Waals surface area contributed by atoms with Gasteiger partial charge < -0.3 is 4.74 Å². The second kappa shape index (κ2) is 6.73. The molecule has 6 heteroatoms. The number of ether oxygens (including phenoxy) is 1. The van der Waals surface area contributed by atoms with Crippen molar-refractivity contribution in [2.75, 3.05) is 7.11 Å². The third kappa shape index (κ3) is 3.26. The molecule has 4 rings (SSSR count). The van der Waals surface area contributed by atoms with Crippen LogP contribution in [-0.4, -0.2) is 16.7 Å². The van der Waals surface area contributed by atoms with Gasteiger partial charge in [-0.1, -0.05) is 35.5 Å². The molecule has 0 amide bonds. The first kappa shape index (κ1) is 16.5. The lowest BCUT2D eigenvalue weighted by atomic mass is 10.2. The lowest BCUT2D eigenvalue weighted by molar-refractivity contribution is 0.411. The van der Waals surface area contributed by atoms with Gasteiger partial charge in [0.25, 0.3) is 5.56 Å². The smallest absolute Gasteiger partial charge is 0.262 e. The van der Waals surface area contributed by atoms with Crippen molar-refractivity contribution in [2.24, 2.45) is 0 Å².